The van der Waals surface area contributed by atoms with E-state index in [1.54, 1.807) is 0 Å². The highest BCUT2D eigenvalue weighted by molar-refractivity contribution is 7.86. The largest absolute Gasteiger partial charge is 0.398 e. The van der Waals surface area contributed by atoms with E-state index >= 15 is 0 Å². The lowest BCUT2D eigenvalue weighted by Gasteiger charge is -2.24. The summed E-state index contributed by atoms with van der Waals surface area (Å²) >= 11 is 0. The van der Waals surface area contributed by atoms with Gasteiger partial charge in [-0.2, -0.15) is 8.42 Å². The lowest BCUT2D eigenvalue weighted by atomic mass is 9.81. The monoisotopic (exact) mass is 418 g/mol. The molecule has 29 heavy (non-hydrogen) atoms. The maximum absolute atomic E-state index is 13.2. The highest BCUT2D eigenvalue weighted by Gasteiger charge is 2.37. The van der Waals surface area contributed by atoms with Gasteiger partial charge in [-0.3, -0.25) is 14.1 Å². The molecule has 0 spiro atoms. The summed E-state index contributed by atoms with van der Waals surface area (Å²) in [5.74, 6) is -1.15. The molecular weight excluding hydrogens is 396 g/mol. The van der Waals surface area contributed by atoms with Crippen molar-refractivity contribution in [2.24, 2.45) is 0 Å². The Bertz CT molecular complexity index is 1130. The number of nitrogens with one attached hydrogen (secondary N) is 1. The van der Waals surface area contributed by atoms with E-state index in [0.717, 1.165) is 12.6 Å². The van der Waals surface area contributed by atoms with Crippen molar-refractivity contribution in [1.82, 2.24) is 4.90 Å². The van der Waals surface area contributed by atoms with E-state index in [1.807, 2.05) is 19.0 Å². The highest BCUT2D eigenvalue weighted by atomic mass is 32.2. The Balaban J connectivity index is 2.21. The fourth-order valence-corrected chi connectivity index (χ4v) is 4.04. The molecule has 0 aromatic heterocycles. The third-order valence-corrected chi connectivity index (χ3v) is 5.62. The lowest BCUT2D eigenvalue weighted by Crippen LogP contribution is -2.27. The predicted octanol–water partition coefficient (Wildman–Crippen LogP) is 1.24. The van der Waals surface area contributed by atoms with Gasteiger partial charge in [0.15, 0.2) is 11.6 Å². The van der Waals surface area contributed by atoms with Crippen molar-refractivity contribution in [3.63, 3.8) is 0 Å². The van der Waals surface area contributed by atoms with Crippen LogP contribution in [0.25, 0.3) is 0 Å². The smallest absolute Gasteiger partial charge is 0.296 e. The van der Waals surface area contributed by atoms with Gasteiger partial charge in [-0.1, -0.05) is 12.1 Å². The van der Waals surface area contributed by atoms with Gasteiger partial charge in [0.05, 0.1) is 22.4 Å². The minimum atomic E-state index is -4.72. The Morgan fingerprint density at radius 2 is 1.76 bits per heavy atom. The van der Waals surface area contributed by atoms with Gasteiger partial charge < -0.3 is 21.7 Å². The Morgan fingerprint density at radius 1 is 1.07 bits per heavy atom. The van der Waals surface area contributed by atoms with Crippen LogP contribution in [0.4, 0.5) is 17.1 Å². The van der Waals surface area contributed by atoms with Crippen LogP contribution in [-0.2, 0) is 10.1 Å². The molecule has 2 aromatic rings. The first-order valence-corrected chi connectivity index (χ1v) is 10.3. The van der Waals surface area contributed by atoms with Crippen LogP contribution in [0.1, 0.15) is 38.3 Å². The molecular formula is C19H22N4O5S. The van der Waals surface area contributed by atoms with E-state index in [0.29, 0.717) is 13.0 Å². The molecule has 0 atom stereocenters. The number of ketones is 2. The first-order chi connectivity index (χ1) is 13.5. The number of anilines is 3. The van der Waals surface area contributed by atoms with Crippen LogP contribution in [0.5, 0.6) is 0 Å². The van der Waals surface area contributed by atoms with Gasteiger partial charge in [0.25, 0.3) is 10.1 Å². The van der Waals surface area contributed by atoms with Gasteiger partial charge in [0, 0.05) is 23.5 Å². The summed E-state index contributed by atoms with van der Waals surface area (Å²) in [6.45, 7) is 1.15. The summed E-state index contributed by atoms with van der Waals surface area (Å²) < 4.78 is 33.2. The van der Waals surface area contributed by atoms with Crippen LogP contribution in [-0.4, -0.2) is 56.6 Å². The quantitative estimate of drug-likeness (QED) is 0.263. The fraction of sp³-hybridized carbons (Fsp3) is 0.263. The number of fused-ring (bicyclic) bond motifs is 2. The fourth-order valence-electron chi connectivity index (χ4n) is 3.39. The summed E-state index contributed by atoms with van der Waals surface area (Å²) in [6.07, 6.45) is 0.689. The SMILES string of the molecule is CN(C)CCCNc1cc(S(=O)(=O)O)c(N)c2c1C(=O)c1c(N)cccc1C2=O. The van der Waals surface area contributed by atoms with E-state index in [2.05, 4.69) is 5.32 Å². The molecule has 0 radical (unpaired) electrons. The summed E-state index contributed by atoms with van der Waals surface area (Å²) in [6, 6.07) is 5.54. The van der Waals surface area contributed by atoms with Crippen LogP contribution in [0.3, 0.4) is 0 Å². The third kappa shape index (κ3) is 3.69. The van der Waals surface area contributed by atoms with Gasteiger partial charge in [0.1, 0.15) is 4.90 Å². The van der Waals surface area contributed by atoms with Crippen molar-refractivity contribution in [2.45, 2.75) is 11.3 Å². The topological polar surface area (TPSA) is 156 Å². The van der Waals surface area contributed by atoms with Crippen molar-refractivity contribution < 1.29 is 22.6 Å². The molecule has 2 aromatic carbocycles. The van der Waals surface area contributed by atoms with E-state index < -0.39 is 32.3 Å². The summed E-state index contributed by atoms with van der Waals surface area (Å²) in [5, 5.41) is 3.00. The van der Waals surface area contributed by atoms with Crippen molar-refractivity contribution in [3.8, 4) is 0 Å². The van der Waals surface area contributed by atoms with Crippen LogP contribution in [0.2, 0.25) is 0 Å². The molecule has 0 aliphatic heterocycles. The minimum Gasteiger partial charge on any atom is -0.398 e. The number of nitrogens with two attached hydrogens (primary N) is 2. The summed E-state index contributed by atoms with van der Waals surface area (Å²) in [7, 11) is -0.909. The van der Waals surface area contributed by atoms with Gasteiger partial charge in [-0.15, -0.1) is 0 Å². The van der Waals surface area contributed by atoms with Crippen molar-refractivity contribution in [3.05, 3.63) is 46.5 Å². The molecule has 0 bridgehead atoms. The Hall–Kier alpha value is -2.95. The van der Waals surface area contributed by atoms with Gasteiger partial charge >= 0.3 is 0 Å². The maximum atomic E-state index is 13.2. The minimum absolute atomic E-state index is 0.0419. The molecule has 0 saturated heterocycles. The molecule has 0 saturated carbocycles. The highest BCUT2D eigenvalue weighted by Crippen LogP contribution is 2.40. The zero-order valence-electron chi connectivity index (χ0n) is 16.0. The predicted molar refractivity (Wildman–Crippen MR) is 110 cm³/mol. The average Bonchev–Trinajstić information content (AvgIpc) is 2.62. The van der Waals surface area contributed by atoms with Gasteiger partial charge in [0.2, 0.25) is 0 Å². The zero-order chi connectivity index (χ0) is 21.5. The van der Waals surface area contributed by atoms with Gasteiger partial charge in [-0.25, -0.2) is 0 Å². The number of carbonyl (C=O) groups is 2. The van der Waals surface area contributed by atoms with E-state index in [4.69, 9.17) is 11.5 Å². The molecule has 10 heteroatoms. The Labute approximate surface area is 168 Å². The molecule has 154 valence electrons. The number of carbonyl (C=O) groups excluding carboxylic acids is 2. The molecule has 1 aliphatic rings. The van der Waals surface area contributed by atoms with Crippen molar-refractivity contribution in [2.75, 3.05) is 44.0 Å². The normalized spacial score (nSPS) is 13.4. The second-order valence-corrected chi connectivity index (χ2v) is 8.46. The van der Waals surface area contributed by atoms with E-state index in [-0.39, 0.29) is 33.6 Å². The number of nitrogen functional groups attached to an aromatic ring is 2. The summed E-state index contributed by atoms with van der Waals surface area (Å²) in [4.78, 5) is 27.6. The van der Waals surface area contributed by atoms with Crippen LogP contribution < -0.4 is 16.8 Å². The first-order valence-electron chi connectivity index (χ1n) is 8.84. The van der Waals surface area contributed by atoms with Crippen LogP contribution in [0.15, 0.2) is 29.2 Å². The van der Waals surface area contributed by atoms with Crippen LogP contribution >= 0.6 is 0 Å². The number of benzene rings is 2. The number of hydrogen-bond donors (Lipinski definition) is 4. The van der Waals surface area contributed by atoms with E-state index in [9.17, 15) is 22.6 Å². The molecule has 0 heterocycles. The number of rotatable bonds is 6. The third-order valence-electron chi connectivity index (χ3n) is 4.73. The van der Waals surface area contributed by atoms with Crippen LogP contribution in [0, 0.1) is 0 Å². The second kappa shape index (κ2) is 7.47. The molecule has 6 N–H and O–H groups in total. The van der Waals surface area contributed by atoms with Crippen molar-refractivity contribution in [1.29, 1.82) is 0 Å². The molecule has 3 rings (SSSR count). The Kier molecular flexibility index (Phi) is 5.35. The van der Waals surface area contributed by atoms with Crippen molar-refractivity contribution >= 4 is 38.7 Å². The van der Waals surface area contributed by atoms with E-state index in [1.165, 1.54) is 18.2 Å². The maximum Gasteiger partial charge on any atom is 0.296 e. The standard InChI is InChI=1S/C19H22N4O5S/c1-23(2)8-4-7-22-12-9-13(29(26,27)28)17(21)16-15(12)19(25)14-10(18(16)24)5-3-6-11(14)20/h3,5-6,9,22H,4,7-8,20-21H2,1-2H3,(H,26,27,28). The first kappa shape index (κ1) is 20.8. The average molecular weight is 418 g/mol. The summed E-state index contributed by atoms with van der Waals surface area (Å²) in [5.41, 5.74) is 11.4. The molecule has 0 amide bonds. The molecule has 0 unspecified atom stereocenters. The Morgan fingerprint density at radius 3 is 2.38 bits per heavy atom. The second-order valence-electron chi connectivity index (χ2n) is 7.07. The number of hydrogen-bond acceptors (Lipinski definition) is 8. The number of nitrogens with zero attached hydrogens (tertiary/aromatic N) is 1. The van der Waals surface area contributed by atoms with Gasteiger partial charge in [-0.05, 0) is 39.2 Å². The molecule has 0 fully saturated rings. The molecule has 9 nitrogen and oxygen atoms in total. The molecule has 1 aliphatic carbocycles. The zero-order valence-corrected chi connectivity index (χ0v) is 16.8. The lowest BCUT2D eigenvalue weighted by molar-refractivity contribution is 0.0980.